The molecule has 1 saturated heterocycles. The Balaban J connectivity index is 1.23. The van der Waals surface area contributed by atoms with Crippen molar-refractivity contribution in [3.8, 4) is 5.75 Å². The molecule has 0 aromatic heterocycles. The normalized spacial score (nSPS) is 14.1. The lowest BCUT2D eigenvalue weighted by Crippen LogP contribution is -2.56. The number of ether oxygens (including phenoxy) is 1. The molecule has 4 rings (SSSR count). The van der Waals surface area contributed by atoms with Crippen LogP contribution in [0.4, 0.5) is 0 Å². The lowest BCUT2D eigenvalue weighted by molar-refractivity contribution is -0.134. The van der Waals surface area contributed by atoms with Gasteiger partial charge in [-0.3, -0.25) is 4.79 Å². The van der Waals surface area contributed by atoms with Gasteiger partial charge in [-0.2, -0.15) is 0 Å². The van der Waals surface area contributed by atoms with Gasteiger partial charge in [0.05, 0.1) is 4.90 Å². The van der Waals surface area contributed by atoms with E-state index in [9.17, 15) is 13.2 Å². The standard InChI is InChI=1S/C25H24ClNO4S/c26-21-9-13-23(14-10-21)32(29,30)24-16-27(17-24)25(28)15-8-19-6-11-22(12-7-19)31-18-20-4-2-1-3-5-20/h1-7,9-14,24H,8,15-18H2. The molecule has 0 aliphatic carbocycles. The zero-order valence-electron chi connectivity index (χ0n) is 17.5. The fourth-order valence-electron chi connectivity index (χ4n) is 3.56. The first kappa shape index (κ1) is 22.4. The number of benzene rings is 3. The number of aryl methyl sites for hydroxylation is 1. The highest BCUT2D eigenvalue weighted by Crippen LogP contribution is 2.25. The molecule has 0 N–H and O–H groups in total. The summed E-state index contributed by atoms with van der Waals surface area (Å²) in [4.78, 5) is 14.3. The summed E-state index contributed by atoms with van der Waals surface area (Å²) < 4.78 is 31.1. The average molecular weight is 470 g/mol. The van der Waals surface area contributed by atoms with Crippen molar-refractivity contribution in [2.24, 2.45) is 0 Å². The Labute approximate surface area is 193 Å². The molecular weight excluding hydrogens is 446 g/mol. The number of rotatable bonds is 8. The maximum atomic E-state index is 12.7. The lowest BCUT2D eigenvalue weighted by Gasteiger charge is -2.38. The molecule has 7 heteroatoms. The van der Waals surface area contributed by atoms with Crippen molar-refractivity contribution in [1.82, 2.24) is 4.90 Å². The lowest BCUT2D eigenvalue weighted by atomic mass is 10.1. The molecule has 0 atom stereocenters. The van der Waals surface area contributed by atoms with Gasteiger partial charge < -0.3 is 9.64 Å². The summed E-state index contributed by atoms with van der Waals surface area (Å²) in [5, 5.41) is -0.0705. The van der Waals surface area contributed by atoms with Gasteiger partial charge in [-0.25, -0.2) is 8.42 Å². The Morgan fingerprint density at radius 3 is 2.22 bits per heavy atom. The molecule has 0 spiro atoms. The van der Waals surface area contributed by atoms with Gasteiger partial charge in [0, 0.05) is 24.5 Å². The molecule has 0 bridgehead atoms. The number of amides is 1. The number of hydrogen-bond donors (Lipinski definition) is 0. The van der Waals surface area contributed by atoms with E-state index in [2.05, 4.69) is 0 Å². The van der Waals surface area contributed by atoms with Crippen molar-refractivity contribution >= 4 is 27.3 Å². The van der Waals surface area contributed by atoms with Crippen LogP contribution < -0.4 is 4.74 Å². The topological polar surface area (TPSA) is 63.7 Å². The second-order valence-electron chi connectivity index (χ2n) is 7.84. The SMILES string of the molecule is O=C(CCc1ccc(OCc2ccccc2)cc1)N1CC(S(=O)(=O)c2ccc(Cl)cc2)C1. The minimum absolute atomic E-state index is 0.0306. The van der Waals surface area contributed by atoms with E-state index in [1.54, 1.807) is 17.0 Å². The van der Waals surface area contributed by atoms with Crippen LogP contribution in [0, 0.1) is 0 Å². The zero-order chi connectivity index (χ0) is 22.6. The van der Waals surface area contributed by atoms with Crippen LogP contribution in [-0.2, 0) is 27.7 Å². The molecule has 1 aliphatic heterocycles. The minimum Gasteiger partial charge on any atom is -0.489 e. The number of hydrogen-bond acceptors (Lipinski definition) is 4. The third-order valence-electron chi connectivity index (χ3n) is 5.58. The molecule has 1 fully saturated rings. The number of likely N-dealkylation sites (tertiary alicyclic amines) is 1. The summed E-state index contributed by atoms with van der Waals surface area (Å²) in [5.74, 6) is 0.749. The van der Waals surface area contributed by atoms with Crippen LogP contribution in [0.1, 0.15) is 17.5 Å². The summed E-state index contributed by atoms with van der Waals surface area (Å²) in [6, 6.07) is 23.8. The van der Waals surface area contributed by atoms with Crippen LogP contribution in [0.5, 0.6) is 5.75 Å². The van der Waals surface area contributed by atoms with E-state index in [4.69, 9.17) is 16.3 Å². The Morgan fingerprint density at radius 1 is 0.906 bits per heavy atom. The monoisotopic (exact) mass is 469 g/mol. The van der Waals surface area contributed by atoms with Crippen LogP contribution in [0.15, 0.2) is 83.8 Å². The van der Waals surface area contributed by atoms with Crippen molar-refractivity contribution in [3.05, 3.63) is 95.0 Å². The quantitative estimate of drug-likeness (QED) is 0.486. The van der Waals surface area contributed by atoms with Crippen LogP contribution in [0.2, 0.25) is 5.02 Å². The molecule has 3 aromatic rings. The molecule has 0 saturated carbocycles. The van der Waals surface area contributed by atoms with Gasteiger partial charge in [0.2, 0.25) is 5.91 Å². The van der Waals surface area contributed by atoms with Crippen molar-refractivity contribution < 1.29 is 17.9 Å². The molecule has 3 aromatic carbocycles. The van der Waals surface area contributed by atoms with Crippen LogP contribution in [-0.4, -0.2) is 37.6 Å². The molecule has 5 nitrogen and oxygen atoms in total. The molecule has 0 radical (unpaired) electrons. The fraction of sp³-hybridized carbons (Fsp3) is 0.240. The number of carbonyl (C=O) groups is 1. The van der Waals surface area contributed by atoms with E-state index in [0.29, 0.717) is 24.5 Å². The molecule has 1 heterocycles. The fourth-order valence-corrected chi connectivity index (χ4v) is 5.34. The van der Waals surface area contributed by atoms with Crippen molar-refractivity contribution in [2.75, 3.05) is 13.1 Å². The maximum Gasteiger partial charge on any atom is 0.222 e. The zero-order valence-corrected chi connectivity index (χ0v) is 19.1. The van der Waals surface area contributed by atoms with E-state index in [0.717, 1.165) is 16.9 Å². The molecule has 0 unspecified atom stereocenters. The van der Waals surface area contributed by atoms with Crippen LogP contribution >= 0.6 is 11.6 Å². The van der Waals surface area contributed by atoms with Gasteiger partial charge in [-0.15, -0.1) is 0 Å². The summed E-state index contributed by atoms with van der Waals surface area (Å²) in [7, 11) is -3.45. The average Bonchev–Trinajstić information content (AvgIpc) is 2.77. The van der Waals surface area contributed by atoms with Gasteiger partial charge in [-0.1, -0.05) is 54.1 Å². The highest BCUT2D eigenvalue weighted by molar-refractivity contribution is 7.92. The predicted octanol–water partition coefficient (Wildman–Crippen LogP) is 4.54. The first-order valence-electron chi connectivity index (χ1n) is 10.4. The van der Waals surface area contributed by atoms with Gasteiger partial charge in [0.15, 0.2) is 9.84 Å². The van der Waals surface area contributed by atoms with Crippen LogP contribution in [0.25, 0.3) is 0 Å². The van der Waals surface area contributed by atoms with Gasteiger partial charge >= 0.3 is 0 Å². The van der Waals surface area contributed by atoms with Gasteiger partial charge in [0.1, 0.15) is 17.6 Å². The molecule has 166 valence electrons. The highest BCUT2D eigenvalue weighted by Gasteiger charge is 2.40. The van der Waals surface area contributed by atoms with Gasteiger partial charge in [-0.05, 0) is 53.9 Å². The number of nitrogens with zero attached hydrogens (tertiary/aromatic N) is 1. The Bertz CT molecular complexity index is 1160. The van der Waals surface area contributed by atoms with Crippen molar-refractivity contribution in [2.45, 2.75) is 29.6 Å². The number of carbonyl (C=O) groups excluding carboxylic acids is 1. The maximum absolute atomic E-state index is 12.7. The summed E-state index contributed by atoms with van der Waals surface area (Å²) >= 11 is 5.83. The summed E-state index contributed by atoms with van der Waals surface area (Å²) in [6.07, 6.45) is 0.945. The van der Waals surface area contributed by atoms with E-state index in [1.165, 1.54) is 12.1 Å². The largest absolute Gasteiger partial charge is 0.489 e. The van der Waals surface area contributed by atoms with Crippen molar-refractivity contribution in [1.29, 1.82) is 0 Å². The number of sulfone groups is 1. The molecule has 1 aliphatic rings. The number of halogens is 1. The first-order chi connectivity index (χ1) is 15.4. The second kappa shape index (κ2) is 9.76. The Morgan fingerprint density at radius 2 is 1.56 bits per heavy atom. The third kappa shape index (κ3) is 5.31. The second-order valence-corrected chi connectivity index (χ2v) is 10.5. The van der Waals surface area contributed by atoms with Crippen molar-refractivity contribution in [3.63, 3.8) is 0 Å². The smallest absolute Gasteiger partial charge is 0.222 e. The van der Waals surface area contributed by atoms with E-state index in [-0.39, 0.29) is 23.9 Å². The Kier molecular flexibility index (Phi) is 6.82. The molecule has 32 heavy (non-hydrogen) atoms. The summed E-state index contributed by atoms with van der Waals surface area (Å²) in [6.45, 7) is 0.972. The van der Waals surface area contributed by atoms with E-state index < -0.39 is 15.1 Å². The molecular formula is C25H24ClNO4S. The first-order valence-corrected chi connectivity index (χ1v) is 12.4. The van der Waals surface area contributed by atoms with E-state index in [1.807, 2.05) is 54.6 Å². The highest BCUT2D eigenvalue weighted by atomic mass is 35.5. The predicted molar refractivity (Wildman–Crippen MR) is 125 cm³/mol. The van der Waals surface area contributed by atoms with Crippen LogP contribution in [0.3, 0.4) is 0 Å². The summed E-state index contributed by atoms with van der Waals surface area (Å²) in [5.41, 5.74) is 2.14. The van der Waals surface area contributed by atoms with E-state index >= 15 is 0 Å². The Hall–Kier alpha value is -2.83. The molecule has 1 amide bonds. The minimum atomic E-state index is -3.45. The third-order valence-corrected chi connectivity index (χ3v) is 7.94. The van der Waals surface area contributed by atoms with Gasteiger partial charge in [0.25, 0.3) is 0 Å².